The molecule has 148 valence electrons. The van der Waals surface area contributed by atoms with Gasteiger partial charge in [-0.25, -0.2) is 0 Å². The van der Waals surface area contributed by atoms with Crippen LogP contribution in [-0.2, 0) is 10.1 Å². The molecule has 0 bridgehead atoms. The van der Waals surface area contributed by atoms with Gasteiger partial charge in [-0.2, -0.15) is 8.42 Å². The van der Waals surface area contributed by atoms with E-state index in [1.165, 1.54) is 70.8 Å². The highest BCUT2D eigenvalue weighted by Gasteiger charge is 2.01. The molecule has 0 atom stereocenters. The number of rotatable bonds is 15. The Balaban J connectivity index is 0. The SMILES string of the molecule is CCCCCCCCCCCCN(C)C.O=S(=O)(O)CCCCO. The number of aliphatic hydroxyl groups excluding tert-OH is 1. The van der Waals surface area contributed by atoms with Crippen LogP contribution in [0.3, 0.4) is 0 Å². The summed E-state index contributed by atoms with van der Waals surface area (Å²) in [7, 11) is 0.513. The van der Waals surface area contributed by atoms with Crippen molar-refractivity contribution in [2.75, 3.05) is 33.0 Å². The van der Waals surface area contributed by atoms with E-state index in [-0.39, 0.29) is 12.4 Å². The minimum atomic E-state index is -3.81. The zero-order valence-electron chi connectivity index (χ0n) is 16.2. The standard InChI is InChI=1S/C14H31N.C4H10O4S/c1-4-5-6-7-8-9-10-11-12-13-14-15(2)3;5-3-1-2-4-9(6,7)8/h4-14H2,1-3H3;5H,1-4H2,(H,6,7,8). The highest BCUT2D eigenvalue weighted by Crippen LogP contribution is 2.10. The van der Waals surface area contributed by atoms with Crippen LogP contribution in [0.4, 0.5) is 0 Å². The van der Waals surface area contributed by atoms with Crippen LogP contribution in [0, 0.1) is 0 Å². The summed E-state index contributed by atoms with van der Waals surface area (Å²) < 4.78 is 28.1. The Bertz CT molecular complexity index is 332. The summed E-state index contributed by atoms with van der Waals surface area (Å²) in [6.07, 6.45) is 15.1. The molecule has 0 aromatic rings. The maximum absolute atomic E-state index is 9.98. The van der Waals surface area contributed by atoms with Crippen molar-refractivity contribution in [3.63, 3.8) is 0 Å². The third-order valence-electron chi connectivity index (χ3n) is 3.77. The molecule has 0 aromatic carbocycles. The number of hydrogen-bond acceptors (Lipinski definition) is 4. The fourth-order valence-corrected chi connectivity index (χ4v) is 2.88. The zero-order valence-corrected chi connectivity index (χ0v) is 17.0. The molecule has 0 aliphatic heterocycles. The van der Waals surface area contributed by atoms with E-state index in [4.69, 9.17) is 9.66 Å². The third-order valence-corrected chi connectivity index (χ3v) is 4.57. The van der Waals surface area contributed by atoms with E-state index in [0.29, 0.717) is 12.8 Å². The van der Waals surface area contributed by atoms with E-state index in [2.05, 4.69) is 25.9 Å². The van der Waals surface area contributed by atoms with E-state index in [0.717, 1.165) is 0 Å². The number of nitrogens with zero attached hydrogens (tertiary/aromatic N) is 1. The largest absolute Gasteiger partial charge is 0.396 e. The second-order valence-corrected chi connectivity index (χ2v) is 8.27. The summed E-state index contributed by atoms with van der Waals surface area (Å²) in [6.45, 7) is 3.51. The van der Waals surface area contributed by atoms with Gasteiger partial charge in [-0.3, -0.25) is 4.55 Å². The summed E-state index contributed by atoms with van der Waals surface area (Å²) in [5.41, 5.74) is 0. The second-order valence-electron chi connectivity index (χ2n) is 6.70. The van der Waals surface area contributed by atoms with Crippen LogP contribution in [0.2, 0.25) is 0 Å². The van der Waals surface area contributed by atoms with Gasteiger partial charge in [0.2, 0.25) is 0 Å². The lowest BCUT2D eigenvalue weighted by Crippen LogP contribution is -2.12. The Morgan fingerprint density at radius 1 is 0.750 bits per heavy atom. The van der Waals surface area contributed by atoms with E-state index in [9.17, 15) is 8.42 Å². The van der Waals surface area contributed by atoms with E-state index in [1.54, 1.807) is 0 Å². The molecule has 0 saturated carbocycles. The van der Waals surface area contributed by atoms with Gasteiger partial charge in [0, 0.05) is 6.61 Å². The number of hydrogen-bond donors (Lipinski definition) is 2. The van der Waals surface area contributed by atoms with E-state index < -0.39 is 10.1 Å². The van der Waals surface area contributed by atoms with Crippen LogP contribution in [0.15, 0.2) is 0 Å². The first-order chi connectivity index (χ1) is 11.3. The molecule has 0 rings (SSSR count). The van der Waals surface area contributed by atoms with Crippen molar-refractivity contribution in [1.29, 1.82) is 0 Å². The molecule has 0 aromatic heterocycles. The highest BCUT2D eigenvalue weighted by molar-refractivity contribution is 7.85. The van der Waals surface area contributed by atoms with Crippen LogP contribution in [0.1, 0.15) is 84.0 Å². The van der Waals surface area contributed by atoms with Crippen molar-refractivity contribution in [1.82, 2.24) is 4.90 Å². The maximum Gasteiger partial charge on any atom is 0.264 e. The van der Waals surface area contributed by atoms with E-state index in [1.807, 2.05) is 0 Å². The number of unbranched alkanes of at least 4 members (excludes halogenated alkanes) is 10. The lowest BCUT2D eigenvalue weighted by molar-refractivity contribution is 0.287. The highest BCUT2D eigenvalue weighted by atomic mass is 32.2. The first-order valence-electron chi connectivity index (χ1n) is 9.54. The van der Waals surface area contributed by atoms with Crippen molar-refractivity contribution in [3.05, 3.63) is 0 Å². The maximum atomic E-state index is 9.98. The molecule has 5 nitrogen and oxygen atoms in total. The lowest BCUT2D eigenvalue weighted by atomic mass is 10.1. The second kappa shape index (κ2) is 19.2. The molecule has 0 amide bonds. The van der Waals surface area contributed by atoms with Crippen LogP contribution in [0.25, 0.3) is 0 Å². The van der Waals surface area contributed by atoms with Crippen LogP contribution < -0.4 is 0 Å². The Morgan fingerprint density at radius 2 is 1.21 bits per heavy atom. The fourth-order valence-electron chi connectivity index (χ4n) is 2.31. The Kier molecular flexibility index (Phi) is 20.8. The molecule has 0 fully saturated rings. The van der Waals surface area contributed by atoms with Crippen molar-refractivity contribution in [2.24, 2.45) is 0 Å². The van der Waals surface area contributed by atoms with Gasteiger partial charge in [-0.1, -0.05) is 64.7 Å². The van der Waals surface area contributed by atoms with Gasteiger partial charge < -0.3 is 10.0 Å². The van der Waals surface area contributed by atoms with Gasteiger partial charge in [0.05, 0.1) is 5.75 Å². The molecule has 6 heteroatoms. The quantitative estimate of drug-likeness (QED) is 0.336. The molecule has 24 heavy (non-hydrogen) atoms. The summed E-state index contributed by atoms with van der Waals surface area (Å²) in [5.74, 6) is -0.256. The van der Waals surface area contributed by atoms with Crippen LogP contribution in [-0.4, -0.2) is 56.0 Å². The van der Waals surface area contributed by atoms with Crippen molar-refractivity contribution in [3.8, 4) is 0 Å². The summed E-state index contributed by atoms with van der Waals surface area (Å²) in [6, 6.07) is 0. The Morgan fingerprint density at radius 3 is 1.58 bits per heavy atom. The first-order valence-corrected chi connectivity index (χ1v) is 11.1. The average molecular weight is 368 g/mol. The van der Waals surface area contributed by atoms with Crippen molar-refractivity contribution < 1.29 is 18.1 Å². The average Bonchev–Trinajstić information content (AvgIpc) is 2.49. The molecule has 0 saturated heterocycles. The summed E-state index contributed by atoms with van der Waals surface area (Å²) in [5, 5.41) is 8.19. The van der Waals surface area contributed by atoms with Gasteiger partial charge in [0.25, 0.3) is 10.1 Å². The monoisotopic (exact) mass is 367 g/mol. The molecule has 0 aliphatic carbocycles. The normalized spacial score (nSPS) is 11.4. The van der Waals surface area contributed by atoms with Gasteiger partial charge in [-0.05, 0) is 39.9 Å². The molecule has 0 unspecified atom stereocenters. The number of aliphatic hydroxyl groups is 1. The smallest absolute Gasteiger partial charge is 0.264 e. The van der Waals surface area contributed by atoms with Crippen molar-refractivity contribution >= 4 is 10.1 Å². The molecule has 0 spiro atoms. The van der Waals surface area contributed by atoms with Gasteiger partial charge in [-0.15, -0.1) is 0 Å². The predicted octanol–water partition coefficient (Wildman–Crippen LogP) is 4.12. The first kappa shape index (κ1) is 26.1. The van der Waals surface area contributed by atoms with Crippen molar-refractivity contribution in [2.45, 2.75) is 84.0 Å². The van der Waals surface area contributed by atoms with E-state index >= 15 is 0 Å². The molecule has 0 radical (unpaired) electrons. The minimum absolute atomic E-state index is 0.0322. The Hall–Kier alpha value is -0.170. The van der Waals surface area contributed by atoms with Gasteiger partial charge in [0.15, 0.2) is 0 Å². The summed E-state index contributed by atoms with van der Waals surface area (Å²) >= 11 is 0. The molecular weight excluding hydrogens is 326 g/mol. The fraction of sp³-hybridized carbons (Fsp3) is 1.00. The minimum Gasteiger partial charge on any atom is -0.396 e. The lowest BCUT2D eigenvalue weighted by Gasteiger charge is -2.08. The molecule has 0 heterocycles. The summed E-state index contributed by atoms with van der Waals surface area (Å²) in [4.78, 5) is 2.28. The molecule has 2 N–H and O–H groups in total. The predicted molar refractivity (Wildman–Crippen MR) is 103 cm³/mol. The topological polar surface area (TPSA) is 77.8 Å². The van der Waals surface area contributed by atoms with Crippen LogP contribution in [0.5, 0.6) is 0 Å². The van der Waals surface area contributed by atoms with Gasteiger partial charge >= 0.3 is 0 Å². The molecular formula is C18H41NO4S. The van der Waals surface area contributed by atoms with Gasteiger partial charge in [0.1, 0.15) is 0 Å². The molecule has 0 aliphatic rings. The zero-order chi connectivity index (χ0) is 18.7. The van der Waals surface area contributed by atoms with Crippen LogP contribution >= 0.6 is 0 Å². The third kappa shape index (κ3) is 29.8. The Labute approximate surface area is 150 Å².